The number of aryl methyl sites for hydroxylation is 1. The average Bonchev–Trinajstić information content (AvgIpc) is 3.07. The van der Waals surface area contributed by atoms with E-state index in [0.717, 1.165) is 22.2 Å². The first-order valence-corrected chi connectivity index (χ1v) is 10.0. The number of hydrogen-bond donors (Lipinski definition) is 2. The molecule has 0 bridgehead atoms. The molecule has 0 saturated carbocycles. The van der Waals surface area contributed by atoms with E-state index in [-0.39, 0.29) is 23.1 Å². The fraction of sp³-hybridized carbons (Fsp3) is 0.130. The number of hydrogen-bond acceptors (Lipinski definition) is 4. The van der Waals surface area contributed by atoms with E-state index in [2.05, 4.69) is 10.6 Å². The Kier molecular flexibility index (Phi) is 5.39. The van der Waals surface area contributed by atoms with Crippen LogP contribution in [0.3, 0.4) is 0 Å². The number of anilines is 1. The van der Waals surface area contributed by atoms with Crippen molar-refractivity contribution in [1.82, 2.24) is 14.8 Å². The maximum Gasteiger partial charge on any atom is 0.265 e. The van der Waals surface area contributed by atoms with Crippen LogP contribution in [0.1, 0.15) is 11.1 Å². The van der Waals surface area contributed by atoms with Crippen molar-refractivity contribution < 1.29 is 14.4 Å². The van der Waals surface area contributed by atoms with Crippen LogP contribution in [-0.4, -0.2) is 39.3 Å². The number of rotatable bonds is 4. The molecule has 1 aliphatic rings. The molecule has 3 amide bonds. The zero-order valence-electron chi connectivity index (χ0n) is 17.0. The van der Waals surface area contributed by atoms with Gasteiger partial charge in [0.05, 0.1) is 0 Å². The number of para-hydroxylation sites is 1. The van der Waals surface area contributed by atoms with Crippen LogP contribution >= 0.6 is 12.2 Å². The topological polar surface area (TPSA) is 83.4 Å². The van der Waals surface area contributed by atoms with E-state index in [9.17, 15) is 14.4 Å². The number of thiocarbonyl (C=S) groups is 1. The highest BCUT2D eigenvalue weighted by Crippen LogP contribution is 2.25. The molecule has 1 fully saturated rings. The van der Waals surface area contributed by atoms with Crippen molar-refractivity contribution in [3.05, 3.63) is 71.4 Å². The van der Waals surface area contributed by atoms with E-state index < -0.39 is 11.8 Å². The van der Waals surface area contributed by atoms with E-state index in [4.69, 9.17) is 12.2 Å². The summed E-state index contributed by atoms with van der Waals surface area (Å²) in [7, 11) is 1.51. The fourth-order valence-electron chi connectivity index (χ4n) is 3.50. The Morgan fingerprint density at radius 1 is 1.16 bits per heavy atom. The largest absolute Gasteiger partial charge is 0.337 e. The fourth-order valence-corrected chi connectivity index (χ4v) is 3.68. The molecular formula is C23H20N4O3S. The van der Waals surface area contributed by atoms with Crippen molar-refractivity contribution in [1.29, 1.82) is 0 Å². The number of likely N-dealkylation sites (N-methyl/N-ethyl adjacent to an activating group) is 1. The molecule has 1 aromatic heterocycles. The third-order valence-corrected chi connectivity index (χ3v) is 5.42. The number of nitrogens with zero attached hydrogens (tertiary/aromatic N) is 2. The monoisotopic (exact) mass is 432 g/mol. The Morgan fingerprint density at radius 2 is 1.94 bits per heavy atom. The van der Waals surface area contributed by atoms with Crippen molar-refractivity contribution in [2.24, 2.45) is 0 Å². The van der Waals surface area contributed by atoms with Gasteiger partial charge in [0.1, 0.15) is 12.1 Å². The van der Waals surface area contributed by atoms with Gasteiger partial charge in [0.2, 0.25) is 5.91 Å². The van der Waals surface area contributed by atoms with Crippen molar-refractivity contribution in [3.63, 3.8) is 0 Å². The second-order valence-electron chi connectivity index (χ2n) is 7.33. The summed E-state index contributed by atoms with van der Waals surface area (Å²) in [5.41, 5.74) is 3.26. The van der Waals surface area contributed by atoms with Crippen molar-refractivity contribution in [2.75, 3.05) is 12.4 Å². The minimum Gasteiger partial charge on any atom is -0.337 e. The highest BCUT2D eigenvalue weighted by molar-refractivity contribution is 7.80. The molecule has 8 heteroatoms. The summed E-state index contributed by atoms with van der Waals surface area (Å²) in [5, 5.41) is 6.30. The number of carbonyl (C=O) groups is 3. The summed E-state index contributed by atoms with van der Waals surface area (Å²) in [5.74, 6) is -1.19. The van der Waals surface area contributed by atoms with E-state index in [0.29, 0.717) is 5.56 Å². The average molecular weight is 433 g/mol. The quantitative estimate of drug-likeness (QED) is 0.377. The first kappa shape index (κ1) is 20.5. The lowest BCUT2D eigenvalue weighted by atomic mass is 10.1. The number of fused-ring (bicyclic) bond motifs is 1. The predicted molar refractivity (Wildman–Crippen MR) is 123 cm³/mol. The molecule has 0 unspecified atom stereocenters. The zero-order valence-corrected chi connectivity index (χ0v) is 17.8. The number of nitrogens with one attached hydrogen (secondary N) is 2. The molecule has 1 saturated heterocycles. The molecule has 3 aromatic rings. The maximum absolute atomic E-state index is 12.6. The van der Waals surface area contributed by atoms with Crippen molar-refractivity contribution in [2.45, 2.75) is 13.5 Å². The molecular weight excluding hydrogens is 412 g/mol. The van der Waals surface area contributed by atoms with Gasteiger partial charge in [-0.2, -0.15) is 0 Å². The van der Waals surface area contributed by atoms with E-state index in [1.54, 1.807) is 10.8 Å². The second kappa shape index (κ2) is 8.16. The number of carbonyl (C=O) groups excluding carboxylic acids is 3. The van der Waals surface area contributed by atoms with E-state index in [1.807, 2.05) is 55.5 Å². The molecule has 156 valence electrons. The first-order chi connectivity index (χ1) is 14.8. The number of benzene rings is 2. The van der Waals surface area contributed by atoms with Crippen LogP contribution in [0.25, 0.3) is 17.0 Å². The van der Waals surface area contributed by atoms with Crippen LogP contribution in [0.5, 0.6) is 0 Å². The predicted octanol–water partition coefficient (Wildman–Crippen LogP) is 2.84. The van der Waals surface area contributed by atoms with Crippen LogP contribution in [-0.2, 0) is 20.9 Å². The summed E-state index contributed by atoms with van der Waals surface area (Å²) in [6, 6.07) is 15.1. The van der Waals surface area contributed by atoms with Gasteiger partial charge in [-0.15, -0.1) is 0 Å². The summed E-state index contributed by atoms with van der Waals surface area (Å²) in [6.07, 6.45) is 3.30. The zero-order chi connectivity index (χ0) is 22.1. The summed E-state index contributed by atoms with van der Waals surface area (Å²) in [4.78, 5) is 38.7. The Morgan fingerprint density at radius 3 is 2.71 bits per heavy atom. The van der Waals surface area contributed by atoms with E-state index >= 15 is 0 Å². The first-order valence-electron chi connectivity index (χ1n) is 9.63. The summed E-state index contributed by atoms with van der Waals surface area (Å²) < 4.78 is 1.80. The van der Waals surface area contributed by atoms with Gasteiger partial charge in [0.25, 0.3) is 11.8 Å². The minimum atomic E-state index is -0.540. The molecule has 31 heavy (non-hydrogen) atoms. The Bertz CT molecular complexity index is 1270. The molecule has 0 spiro atoms. The highest BCUT2D eigenvalue weighted by atomic mass is 32.1. The molecule has 1 aliphatic heterocycles. The lowest BCUT2D eigenvalue weighted by Gasteiger charge is -2.24. The Hall–Kier alpha value is -3.78. The Labute approximate surface area is 184 Å². The number of aromatic nitrogens is 1. The molecule has 2 N–H and O–H groups in total. The third kappa shape index (κ3) is 4.10. The van der Waals surface area contributed by atoms with Gasteiger partial charge in [-0.3, -0.25) is 24.6 Å². The molecule has 0 atom stereocenters. The second-order valence-corrected chi connectivity index (χ2v) is 7.72. The Balaban J connectivity index is 1.66. The lowest BCUT2D eigenvalue weighted by Crippen LogP contribution is -2.52. The summed E-state index contributed by atoms with van der Waals surface area (Å²) >= 11 is 4.99. The van der Waals surface area contributed by atoms with Gasteiger partial charge in [-0.25, -0.2) is 0 Å². The normalized spacial score (nSPS) is 15.5. The van der Waals surface area contributed by atoms with Crippen LogP contribution < -0.4 is 10.6 Å². The van der Waals surface area contributed by atoms with Crippen LogP contribution in [0.2, 0.25) is 0 Å². The van der Waals surface area contributed by atoms with Gasteiger partial charge in [-0.05, 0) is 49.0 Å². The highest BCUT2D eigenvalue weighted by Gasteiger charge is 2.31. The molecule has 4 rings (SSSR count). The maximum atomic E-state index is 12.6. The van der Waals surface area contributed by atoms with Gasteiger partial charge < -0.3 is 9.88 Å². The smallest absolute Gasteiger partial charge is 0.265 e. The molecule has 0 aliphatic carbocycles. The number of amides is 3. The van der Waals surface area contributed by atoms with E-state index in [1.165, 1.54) is 18.0 Å². The molecule has 0 radical (unpaired) electrons. The summed E-state index contributed by atoms with van der Waals surface area (Å²) in [6.45, 7) is 2.05. The van der Waals surface area contributed by atoms with Gasteiger partial charge >= 0.3 is 0 Å². The molecule has 7 nitrogen and oxygen atoms in total. The van der Waals surface area contributed by atoms with Gasteiger partial charge in [-0.1, -0.05) is 30.3 Å². The van der Waals surface area contributed by atoms with Crippen LogP contribution in [0, 0.1) is 6.92 Å². The standard InChI is InChI=1S/C23H20N4O3S/c1-14-6-5-7-16(10-14)24-20(28)13-27-12-15(17-8-3-4-9-19(17)27)11-18-21(29)25-23(31)26(2)22(18)30/h3-12H,13H2,1-2H3,(H,24,28)(H,25,29,31). The van der Waals surface area contributed by atoms with Crippen LogP contribution in [0.15, 0.2) is 60.3 Å². The van der Waals surface area contributed by atoms with Gasteiger partial charge in [0, 0.05) is 35.4 Å². The molecule has 2 aromatic carbocycles. The van der Waals surface area contributed by atoms with Crippen molar-refractivity contribution in [3.8, 4) is 0 Å². The van der Waals surface area contributed by atoms with Gasteiger partial charge in [0.15, 0.2) is 5.11 Å². The minimum absolute atomic E-state index is 0.0109. The van der Waals surface area contributed by atoms with Crippen molar-refractivity contribution >= 4 is 57.7 Å². The SMILES string of the molecule is Cc1cccc(NC(=O)Cn2cc(C=C3C(=O)NC(=S)N(C)C3=O)c3ccccc32)c1. The lowest BCUT2D eigenvalue weighted by molar-refractivity contribution is -0.128. The molecule has 2 heterocycles. The third-order valence-electron chi connectivity index (χ3n) is 5.04. The van der Waals surface area contributed by atoms with Crippen LogP contribution in [0.4, 0.5) is 5.69 Å².